The van der Waals surface area contributed by atoms with Gasteiger partial charge in [-0.15, -0.1) is 0 Å². The predicted octanol–water partition coefficient (Wildman–Crippen LogP) is 4.46. The first kappa shape index (κ1) is 17.3. The van der Waals surface area contributed by atoms with Gasteiger partial charge in [-0.1, -0.05) is 12.1 Å². The van der Waals surface area contributed by atoms with Crippen LogP contribution in [0.1, 0.15) is 5.56 Å². The number of alkyl halides is 4. The lowest BCUT2D eigenvalue weighted by atomic mass is 10.1. The summed E-state index contributed by atoms with van der Waals surface area (Å²) in [6, 6.07) is 9.61. The van der Waals surface area contributed by atoms with Crippen LogP contribution in [-0.2, 0) is 6.54 Å². The third-order valence-electron chi connectivity index (χ3n) is 3.66. The Kier molecular flexibility index (Phi) is 4.69. The monoisotopic (exact) mass is 359 g/mol. The molecule has 0 bridgehead atoms. The standard InChI is InChI=1S/C17H14F5NO2/c18-12-4-5-15-14(9-12)23(6-7-24-15)10-11-2-1-3-13(8-11)25-17(21,22)16(19)20/h1-5,8-9,16H,6-7,10H2. The van der Waals surface area contributed by atoms with Crippen molar-refractivity contribution in [1.29, 1.82) is 0 Å². The molecule has 0 saturated carbocycles. The third kappa shape index (κ3) is 3.94. The Morgan fingerprint density at radius 3 is 2.72 bits per heavy atom. The molecule has 8 heteroatoms. The SMILES string of the molecule is Fc1ccc2c(c1)N(Cc1cccc(OC(F)(F)C(F)F)c1)CCO2. The summed E-state index contributed by atoms with van der Waals surface area (Å²) in [7, 11) is 0. The first-order chi connectivity index (χ1) is 11.8. The molecular formula is C17H14F5NO2. The molecule has 2 aromatic carbocycles. The highest BCUT2D eigenvalue weighted by molar-refractivity contribution is 5.60. The van der Waals surface area contributed by atoms with Gasteiger partial charge in [0.2, 0.25) is 0 Å². The van der Waals surface area contributed by atoms with Crippen LogP contribution in [0.4, 0.5) is 27.6 Å². The van der Waals surface area contributed by atoms with Crippen LogP contribution in [0.5, 0.6) is 11.5 Å². The summed E-state index contributed by atoms with van der Waals surface area (Å²) in [6.45, 7) is 1.12. The molecule has 3 nitrogen and oxygen atoms in total. The van der Waals surface area contributed by atoms with Gasteiger partial charge in [0.05, 0.1) is 12.2 Å². The molecule has 134 valence electrons. The average Bonchev–Trinajstić information content (AvgIpc) is 2.55. The number of benzene rings is 2. The average molecular weight is 359 g/mol. The van der Waals surface area contributed by atoms with E-state index in [0.717, 1.165) is 0 Å². The zero-order chi connectivity index (χ0) is 18.0. The maximum absolute atomic E-state index is 13.5. The molecule has 0 unspecified atom stereocenters. The number of nitrogens with zero attached hydrogens (tertiary/aromatic N) is 1. The molecule has 0 radical (unpaired) electrons. The molecule has 1 aliphatic heterocycles. The minimum atomic E-state index is -4.56. The zero-order valence-electron chi connectivity index (χ0n) is 12.9. The number of hydrogen-bond donors (Lipinski definition) is 0. The number of anilines is 1. The topological polar surface area (TPSA) is 21.7 Å². The van der Waals surface area contributed by atoms with E-state index < -0.39 is 18.4 Å². The Labute approximate surface area is 140 Å². The van der Waals surface area contributed by atoms with Gasteiger partial charge in [0, 0.05) is 12.6 Å². The van der Waals surface area contributed by atoms with E-state index in [9.17, 15) is 22.0 Å². The van der Waals surface area contributed by atoms with Crippen LogP contribution >= 0.6 is 0 Å². The van der Waals surface area contributed by atoms with Crippen LogP contribution in [-0.4, -0.2) is 25.7 Å². The normalized spacial score (nSPS) is 14.2. The number of rotatable bonds is 5. The highest BCUT2D eigenvalue weighted by Crippen LogP contribution is 2.34. The van der Waals surface area contributed by atoms with Crippen molar-refractivity contribution in [1.82, 2.24) is 0 Å². The fourth-order valence-corrected chi connectivity index (χ4v) is 2.54. The van der Waals surface area contributed by atoms with Crippen LogP contribution in [0, 0.1) is 5.82 Å². The Hall–Kier alpha value is -2.51. The van der Waals surface area contributed by atoms with Crippen molar-refractivity contribution in [3.05, 3.63) is 53.8 Å². The Morgan fingerprint density at radius 1 is 1.16 bits per heavy atom. The molecule has 0 aliphatic carbocycles. The van der Waals surface area contributed by atoms with E-state index in [1.54, 1.807) is 6.07 Å². The molecule has 0 atom stereocenters. The van der Waals surface area contributed by atoms with Crippen molar-refractivity contribution in [2.45, 2.75) is 19.1 Å². The fourth-order valence-electron chi connectivity index (χ4n) is 2.54. The van der Waals surface area contributed by atoms with E-state index in [-0.39, 0.29) is 12.3 Å². The van der Waals surface area contributed by atoms with Gasteiger partial charge in [-0.25, -0.2) is 4.39 Å². The quantitative estimate of drug-likeness (QED) is 0.736. The number of hydrogen-bond acceptors (Lipinski definition) is 3. The molecule has 0 N–H and O–H groups in total. The molecule has 0 saturated heterocycles. The largest absolute Gasteiger partial charge is 0.490 e. The summed E-state index contributed by atoms with van der Waals surface area (Å²) >= 11 is 0. The van der Waals surface area contributed by atoms with E-state index in [0.29, 0.717) is 30.2 Å². The smallest absolute Gasteiger partial charge is 0.461 e. The second-order valence-electron chi connectivity index (χ2n) is 5.49. The van der Waals surface area contributed by atoms with Crippen molar-refractivity contribution in [2.24, 2.45) is 0 Å². The molecular weight excluding hydrogens is 345 g/mol. The Bertz CT molecular complexity index is 754. The van der Waals surface area contributed by atoms with Crippen LogP contribution < -0.4 is 14.4 Å². The first-order valence-corrected chi connectivity index (χ1v) is 7.46. The van der Waals surface area contributed by atoms with E-state index in [2.05, 4.69) is 4.74 Å². The van der Waals surface area contributed by atoms with E-state index in [1.165, 1.54) is 36.4 Å². The van der Waals surface area contributed by atoms with Crippen molar-refractivity contribution >= 4 is 5.69 Å². The summed E-state index contributed by atoms with van der Waals surface area (Å²) in [6.07, 6.45) is -8.49. The molecule has 3 rings (SSSR count). The number of ether oxygens (including phenoxy) is 2. The molecule has 1 aliphatic rings. The highest BCUT2D eigenvalue weighted by atomic mass is 19.3. The zero-order valence-corrected chi connectivity index (χ0v) is 12.9. The molecule has 0 fully saturated rings. The van der Waals surface area contributed by atoms with Gasteiger partial charge in [0.1, 0.15) is 23.9 Å². The number of fused-ring (bicyclic) bond motifs is 1. The van der Waals surface area contributed by atoms with Crippen LogP contribution in [0.15, 0.2) is 42.5 Å². The van der Waals surface area contributed by atoms with Gasteiger partial charge in [-0.3, -0.25) is 0 Å². The van der Waals surface area contributed by atoms with Gasteiger partial charge in [-0.2, -0.15) is 17.6 Å². The summed E-state index contributed by atoms with van der Waals surface area (Å²) in [5.74, 6) is -0.275. The summed E-state index contributed by atoms with van der Waals surface area (Å²) in [5.41, 5.74) is 1.09. The van der Waals surface area contributed by atoms with Crippen LogP contribution in [0.25, 0.3) is 0 Å². The first-order valence-electron chi connectivity index (χ1n) is 7.46. The van der Waals surface area contributed by atoms with Crippen molar-refractivity contribution in [3.8, 4) is 11.5 Å². The minimum absolute atomic E-state index is 0.261. The molecule has 1 heterocycles. The van der Waals surface area contributed by atoms with Gasteiger partial charge >= 0.3 is 12.5 Å². The lowest BCUT2D eigenvalue weighted by Gasteiger charge is -2.31. The summed E-state index contributed by atoms with van der Waals surface area (Å²) < 4.78 is 73.5. The minimum Gasteiger partial charge on any atom is -0.490 e. The highest BCUT2D eigenvalue weighted by Gasteiger charge is 2.44. The van der Waals surface area contributed by atoms with Crippen LogP contribution in [0.2, 0.25) is 0 Å². The van der Waals surface area contributed by atoms with E-state index in [4.69, 9.17) is 4.74 Å². The summed E-state index contributed by atoms with van der Waals surface area (Å²) in [4.78, 5) is 1.81. The second kappa shape index (κ2) is 6.78. The molecule has 25 heavy (non-hydrogen) atoms. The van der Waals surface area contributed by atoms with Gasteiger partial charge in [-0.05, 0) is 29.8 Å². The fraction of sp³-hybridized carbons (Fsp3) is 0.294. The molecule has 2 aromatic rings. The second-order valence-corrected chi connectivity index (χ2v) is 5.49. The lowest BCUT2D eigenvalue weighted by Crippen LogP contribution is -2.33. The van der Waals surface area contributed by atoms with Crippen molar-refractivity contribution in [2.75, 3.05) is 18.1 Å². The third-order valence-corrected chi connectivity index (χ3v) is 3.66. The van der Waals surface area contributed by atoms with Gasteiger partial charge < -0.3 is 14.4 Å². The maximum Gasteiger partial charge on any atom is 0.461 e. The van der Waals surface area contributed by atoms with Crippen LogP contribution in [0.3, 0.4) is 0 Å². The number of halogens is 5. The molecule has 0 spiro atoms. The maximum atomic E-state index is 13.5. The van der Waals surface area contributed by atoms with Crippen molar-refractivity contribution in [3.63, 3.8) is 0 Å². The summed E-state index contributed by atoms with van der Waals surface area (Å²) in [5, 5.41) is 0. The lowest BCUT2D eigenvalue weighted by molar-refractivity contribution is -0.253. The molecule has 0 aromatic heterocycles. The van der Waals surface area contributed by atoms with Crippen molar-refractivity contribution < 1.29 is 31.4 Å². The van der Waals surface area contributed by atoms with E-state index in [1.807, 2.05) is 4.90 Å². The predicted molar refractivity (Wildman–Crippen MR) is 81.0 cm³/mol. The molecule has 0 amide bonds. The Morgan fingerprint density at radius 2 is 1.96 bits per heavy atom. The van der Waals surface area contributed by atoms with Gasteiger partial charge in [0.25, 0.3) is 0 Å². The Balaban J connectivity index is 1.79. The van der Waals surface area contributed by atoms with E-state index >= 15 is 0 Å². The van der Waals surface area contributed by atoms with Gasteiger partial charge in [0.15, 0.2) is 0 Å².